The van der Waals surface area contributed by atoms with E-state index in [0.717, 1.165) is 19.3 Å². The fourth-order valence-corrected chi connectivity index (χ4v) is 3.80. The molecule has 0 bridgehead atoms. The van der Waals surface area contributed by atoms with Gasteiger partial charge in [-0.3, -0.25) is 0 Å². The van der Waals surface area contributed by atoms with Crippen LogP contribution in [0.1, 0.15) is 97.3 Å². The molecule has 0 amide bonds. The summed E-state index contributed by atoms with van der Waals surface area (Å²) in [7, 11) is -4.38. The Balaban J connectivity index is 0. The van der Waals surface area contributed by atoms with Gasteiger partial charge < -0.3 is 9.66 Å². The zero-order valence-electron chi connectivity index (χ0n) is 15.4. The average molecular weight is 359 g/mol. The van der Waals surface area contributed by atoms with E-state index in [1.807, 2.05) is 0 Å². The Hall–Kier alpha value is 0.870. The SMILES string of the molecule is CCCCCCCCCCCCCC(O)C(CC)S(=O)(=O)[O-].[Na+]. The van der Waals surface area contributed by atoms with E-state index in [9.17, 15) is 18.1 Å². The first kappa shape index (κ1) is 26.1. The van der Waals surface area contributed by atoms with Crippen molar-refractivity contribution in [1.29, 1.82) is 0 Å². The minimum Gasteiger partial charge on any atom is -0.748 e. The van der Waals surface area contributed by atoms with Crippen LogP contribution in [0.3, 0.4) is 0 Å². The number of rotatable bonds is 15. The second-order valence-electron chi connectivity index (χ2n) is 6.33. The van der Waals surface area contributed by atoms with Crippen molar-refractivity contribution < 1.29 is 47.6 Å². The molecule has 0 spiro atoms. The van der Waals surface area contributed by atoms with Gasteiger partial charge in [0, 0.05) is 0 Å². The normalized spacial score (nSPS) is 14.3. The molecule has 0 aliphatic carbocycles. The molecule has 0 radical (unpaired) electrons. The molecule has 2 atom stereocenters. The third kappa shape index (κ3) is 14.9. The minimum atomic E-state index is -4.38. The van der Waals surface area contributed by atoms with Crippen molar-refractivity contribution in [2.45, 2.75) is 109 Å². The molecule has 0 saturated heterocycles. The van der Waals surface area contributed by atoms with Gasteiger partial charge in [0.2, 0.25) is 0 Å². The maximum atomic E-state index is 11.0. The maximum absolute atomic E-state index is 11.0. The van der Waals surface area contributed by atoms with Gasteiger partial charge in [-0.25, -0.2) is 8.42 Å². The molecule has 4 nitrogen and oxygen atoms in total. The van der Waals surface area contributed by atoms with Crippen molar-refractivity contribution in [3.63, 3.8) is 0 Å². The molecule has 0 saturated carbocycles. The van der Waals surface area contributed by atoms with Crippen LogP contribution in [-0.4, -0.2) is 29.4 Å². The number of unbranched alkanes of at least 4 members (excludes halogenated alkanes) is 10. The summed E-state index contributed by atoms with van der Waals surface area (Å²) in [4.78, 5) is 0. The largest absolute Gasteiger partial charge is 1.00 e. The molecule has 6 heteroatoms. The molecule has 0 aliphatic rings. The monoisotopic (exact) mass is 358 g/mol. The van der Waals surface area contributed by atoms with E-state index < -0.39 is 21.5 Å². The van der Waals surface area contributed by atoms with Crippen molar-refractivity contribution in [3.05, 3.63) is 0 Å². The van der Waals surface area contributed by atoms with Crippen LogP contribution in [0.15, 0.2) is 0 Å². The summed E-state index contributed by atoms with van der Waals surface area (Å²) in [5.74, 6) is 0. The fraction of sp³-hybridized carbons (Fsp3) is 1.00. The van der Waals surface area contributed by atoms with Gasteiger partial charge >= 0.3 is 29.6 Å². The summed E-state index contributed by atoms with van der Waals surface area (Å²) >= 11 is 0. The zero-order valence-corrected chi connectivity index (χ0v) is 18.2. The van der Waals surface area contributed by atoms with Gasteiger partial charge in [-0.05, 0) is 12.8 Å². The summed E-state index contributed by atoms with van der Waals surface area (Å²) in [6.45, 7) is 3.86. The Morgan fingerprint density at radius 1 is 0.826 bits per heavy atom. The van der Waals surface area contributed by atoms with Gasteiger partial charge in [0.15, 0.2) is 0 Å². The predicted octanol–water partition coefficient (Wildman–Crippen LogP) is 1.38. The molecule has 134 valence electrons. The second-order valence-corrected chi connectivity index (χ2v) is 7.92. The van der Waals surface area contributed by atoms with E-state index in [1.54, 1.807) is 6.92 Å². The zero-order chi connectivity index (χ0) is 16.8. The number of aliphatic hydroxyl groups is 1. The molecule has 1 N–H and O–H groups in total. The van der Waals surface area contributed by atoms with E-state index in [2.05, 4.69) is 6.92 Å². The van der Waals surface area contributed by atoms with Crippen molar-refractivity contribution in [2.24, 2.45) is 0 Å². The summed E-state index contributed by atoms with van der Waals surface area (Å²) in [5.41, 5.74) is 0. The van der Waals surface area contributed by atoms with Crippen molar-refractivity contribution in [1.82, 2.24) is 0 Å². The third-order valence-corrected chi connectivity index (χ3v) is 5.69. The number of hydrogen-bond donors (Lipinski definition) is 1. The fourth-order valence-electron chi connectivity index (χ4n) is 2.87. The topological polar surface area (TPSA) is 77.4 Å². The first-order valence-electron chi connectivity index (χ1n) is 9.06. The number of hydrogen-bond acceptors (Lipinski definition) is 4. The summed E-state index contributed by atoms with van der Waals surface area (Å²) in [6, 6.07) is 0. The Bertz CT molecular complexity index is 347. The average Bonchev–Trinajstić information content (AvgIpc) is 2.44. The second kappa shape index (κ2) is 16.3. The van der Waals surface area contributed by atoms with Gasteiger partial charge in [-0.2, -0.15) is 0 Å². The number of aliphatic hydroxyl groups excluding tert-OH is 1. The first-order valence-corrected chi connectivity index (χ1v) is 10.5. The van der Waals surface area contributed by atoms with E-state index >= 15 is 0 Å². The Kier molecular flexibility index (Phi) is 18.5. The molecule has 0 aliphatic heterocycles. The van der Waals surface area contributed by atoms with Crippen molar-refractivity contribution >= 4 is 10.1 Å². The molecule has 0 rings (SSSR count). The van der Waals surface area contributed by atoms with E-state index in [1.165, 1.54) is 51.4 Å². The predicted molar refractivity (Wildman–Crippen MR) is 90.9 cm³/mol. The molecule has 0 aromatic heterocycles. The van der Waals surface area contributed by atoms with Crippen LogP contribution in [0.5, 0.6) is 0 Å². The van der Waals surface area contributed by atoms with Crippen LogP contribution in [0.4, 0.5) is 0 Å². The van der Waals surface area contributed by atoms with E-state index in [0.29, 0.717) is 6.42 Å². The maximum Gasteiger partial charge on any atom is 1.00 e. The van der Waals surface area contributed by atoms with Gasteiger partial charge in [0.05, 0.1) is 11.4 Å². The first-order chi connectivity index (χ1) is 10.4. The van der Waals surface area contributed by atoms with Gasteiger partial charge in [-0.1, -0.05) is 84.5 Å². The van der Waals surface area contributed by atoms with Crippen molar-refractivity contribution in [2.75, 3.05) is 0 Å². The summed E-state index contributed by atoms with van der Waals surface area (Å²) in [5, 5.41) is 8.67. The van der Waals surface area contributed by atoms with Crippen LogP contribution in [-0.2, 0) is 10.1 Å². The molecule has 0 fully saturated rings. The van der Waals surface area contributed by atoms with Crippen LogP contribution in [0.2, 0.25) is 0 Å². The van der Waals surface area contributed by atoms with Crippen LogP contribution in [0, 0.1) is 0 Å². The molecule has 0 heterocycles. The van der Waals surface area contributed by atoms with Crippen LogP contribution >= 0.6 is 0 Å². The third-order valence-electron chi connectivity index (χ3n) is 4.31. The van der Waals surface area contributed by atoms with Gasteiger partial charge in [0.1, 0.15) is 10.1 Å². The standard InChI is InChI=1S/C17H36O4S.Na/c1-3-5-6-7-8-9-10-11-12-13-14-15-16(18)17(4-2)22(19,20)21;/h16-18H,3-15H2,1-2H3,(H,19,20,21);/q;+1/p-1. The smallest absolute Gasteiger partial charge is 0.748 e. The molecule has 23 heavy (non-hydrogen) atoms. The van der Waals surface area contributed by atoms with Crippen molar-refractivity contribution in [3.8, 4) is 0 Å². The van der Waals surface area contributed by atoms with E-state index in [-0.39, 0.29) is 36.0 Å². The van der Waals surface area contributed by atoms with Crippen LogP contribution < -0.4 is 29.6 Å². The van der Waals surface area contributed by atoms with E-state index in [4.69, 9.17) is 0 Å². The summed E-state index contributed by atoms with van der Waals surface area (Å²) < 4.78 is 33.0. The quantitative estimate of drug-likeness (QED) is 0.272. The molecule has 2 unspecified atom stereocenters. The van der Waals surface area contributed by atoms with Gasteiger partial charge in [0.25, 0.3) is 0 Å². The minimum absolute atomic E-state index is 0. The van der Waals surface area contributed by atoms with Crippen LogP contribution in [0.25, 0.3) is 0 Å². The molecular weight excluding hydrogens is 323 g/mol. The van der Waals surface area contributed by atoms with Gasteiger partial charge in [-0.15, -0.1) is 0 Å². The molecule has 0 aromatic rings. The Morgan fingerprint density at radius 3 is 1.57 bits per heavy atom. The molecule has 0 aromatic carbocycles. The Morgan fingerprint density at radius 2 is 1.22 bits per heavy atom. The molecular formula is C17H35NaO4S. The summed E-state index contributed by atoms with van der Waals surface area (Å²) in [6.07, 6.45) is 13.0. The Labute approximate surface area is 165 Å².